The van der Waals surface area contributed by atoms with Crippen LogP contribution in [0.2, 0.25) is 0 Å². The molecule has 0 aliphatic heterocycles. The summed E-state index contributed by atoms with van der Waals surface area (Å²) in [6.45, 7) is 7.61. The minimum Gasteiger partial charge on any atom is -0.454 e. The van der Waals surface area contributed by atoms with Crippen molar-refractivity contribution in [1.82, 2.24) is 10.6 Å². The van der Waals surface area contributed by atoms with Gasteiger partial charge in [0.2, 0.25) is 0 Å². The first-order chi connectivity index (χ1) is 9.88. The largest absolute Gasteiger partial charge is 0.454 e. The van der Waals surface area contributed by atoms with Crippen molar-refractivity contribution in [3.05, 3.63) is 23.7 Å². The Hall–Kier alpha value is -2.02. The van der Waals surface area contributed by atoms with Gasteiger partial charge in [-0.3, -0.25) is 4.79 Å². The fourth-order valence-corrected chi connectivity index (χ4v) is 1.46. The number of primary amides is 1. The zero-order chi connectivity index (χ0) is 15.9. The Morgan fingerprint density at radius 1 is 1.43 bits per heavy atom. The summed E-state index contributed by atoms with van der Waals surface area (Å²) in [6.07, 6.45) is 0. The molecule has 1 aromatic heterocycles. The highest BCUT2D eigenvalue weighted by Gasteiger charge is 2.16. The number of aliphatic imine (C=N–C) groups is 1. The van der Waals surface area contributed by atoms with Crippen LogP contribution >= 0.6 is 0 Å². The Morgan fingerprint density at radius 2 is 2.14 bits per heavy atom. The predicted molar refractivity (Wildman–Crippen MR) is 81.1 cm³/mol. The molecule has 1 amide bonds. The molecule has 21 heavy (non-hydrogen) atoms. The van der Waals surface area contributed by atoms with Gasteiger partial charge in [0.1, 0.15) is 12.3 Å². The van der Waals surface area contributed by atoms with Crippen LogP contribution in [0.1, 0.15) is 37.1 Å². The van der Waals surface area contributed by atoms with Crippen LogP contribution in [0.3, 0.4) is 0 Å². The summed E-state index contributed by atoms with van der Waals surface area (Å²) in [6, 6.07) is 3.23. The molecule has 1 rings (SSSR count). The van der Waals surface area contributed by atoms with Crippen molar-refractivity contribution < 1.29 is 13.9 Å². The SMILES string of the molecule is CCNC(=NCc1ccc(C(N)=O)o1)NCC(C)(C)OC. The average Bonchev–Trinajstić information content (AvgIpc) is 2.91. The zero-order valence-electron chi connectivity index (χ0n) is 13.0. The van der Waals surface area contributed by atoms with Crippen LogP contribution in [-0.4, -0.2) is 37.7 Å². The third-order valence-corrected chi connectivity index (χ3v) is 2.88. The lowest BCUT2D eigenvalue weighted by Gasteiger charge is -2.24. The van der Waals surface area contributed by atoms with Crippen LogP contribution < -0.4 is 16.4 Å². The molecule has 0 radical (unpaired) electrons. The van der Waals surface area contributed by atoms with Gasteiger partial charge in [0.05, 0.1) is 5.60 Å². The van der Waals surface area contributed by atoms with E-state index in [1.165, 1.54) is 0 Å². The van der Waals surface area contributed by atoms with E-state index in [0.717, 1.165) is 6.54 Å². The second kappa shape index (κ2) is 7.68. The van der Waals surface area contributed by atoms with Crippen LogP contribution in [-0.2, 0) is 11.3 Å². The molecule has 0 spiro atoms. The number of guanidine groups is 1. The van der Waals surface area contributed by atoms with Gasteiger partial charge in [0.15, 0.2) is 11.7 Å². The van der Waals surface area contributed by atoms with Gasteiger partial charge in [-0.15, -0.1) is 0 Å². The first-order valence-corrected chi connectivity index (χ1v) is 6.84. The number of nitrogens with two attached hydrogens (primary N) is 1. The van der Waals surface area contributed by atoms with Crippen LogP contribution in [0.4, 0.5) is 0 Å². The molecule has 0 atom stereocenters. The van der Waals surface area contributed by atoms with E-state index in [-0.39, 0.29) is 11.4 Å². The molecular weight excluding hydrogens is 272 g/mol. The highest BCUT2D eigenvalue weighted by Crippen LogP contribution is 2.08. The molecule has 0 saturated carbocycles. The Morgan fingerprint density at radius 3 is 2.67 bits per heavy atom. The first-order valence-electron chi connectivity index (χ1n) is 6.84. The quantitative estimate of drug-likeness (QED) is 0.511. The van der Waals surface area contributed by atoms with Crippen molar-refractivity contribution in [2.24, 2.45) is 10.7 Å². The van der Waals surface area contributed by atoms with Crippen LogP contribution in [0.25, 0.3) is 0 Å². The number of hydrogen-bond acceptors (Lipinski definition) is 4. The van der Waals surface area contributed by atoms with E-state index in [1.807, 2.05) is 20.8 Å². The molecule has 4 N–H and O–H groups in total. The normalized spacial score (nSPS) is 12.3. The summed E-state index contributed by atoms with van der Waals surface area (Å²) in [5.74, 6) is 0.780. The number of nitrogens with one attached hydrogen (secondary N) is 2. The van der Waals surface area contributed by atoms with Crippen molar-refractivity contribution in [2.45, 2.75) is 32.9 Å². The molecule has 7 heteroatoms. The molecule has 0 aromatic carbocycles. The summed E-state index contributed by atoms with van der Waals surface area (Å²) in [5, 5.41) is 6.32. The smallest absolute Gasteiger partial charge is 0.284 e. The Bertz CT molecular complexity index is 494. The van der Waals surface area contributed by atoms with Gasteiger partial charge in [-0.25, -0.2) is 4.99 Å². The number of amides is 1. The first kappa shape index (κ1) is 17.0. The van der Waals surface area contributed by atoms with Crippen molar-refractivity contribution >= 4 is 11.9 Å². The lowest BCUT2D eigenvalue weighted by Crippen LogP contribution is -2.45. The molecule has 0 bridgehead atoms. The monoisotopic (exact) mass is 296 g/mol. The molecule has 0 saturated heterocycles. The molecule has 7 nitrogen and oxygen atoms in total. The minimum absolute atomic E-state index is 0.138. The van der Waals surface area contributed by atoms with Crippen molar-refractivity contribution in [1.29, 1.82) is 0 Å². The van der Waals surface area contributed by atoms with Gasteiger partial charge < -0.3 is 25.5 Å². The molecular formula is C14H24N4O3. The third-order valence-electron chi connectivity index (χ3n) is 2.88. The van der Waals surface area contributed by atoms with E-state index in [9.17, 15) is 4.79 Å². The molecule has 0 aliphatic rings. The molecule has 0 aliphatic carbocycles. The van der Waals surface area contributed by atoms with Gasteiger partial charge >= 0.3 is 0 Å². The summed E-state index contributed by atoms with van der Waals surface area (Å²) in [5.41, 5.74) is 4.84. The highest BCUT2D eigenvalue weighted by molar-refractivity contribution is 5.89. The van der Waals surface area contributed by atoms with E-state index in [0.29, 0.717) is 24.8 Å². The topological polar surface area (TPSA) is 102 Å². The van der Waals surface area contributed by atoms with Gasteiger partial charge in [-0.2, -0.15) is 0 Å². The van der Waals surface area contributed by atoms with E-state index in [2.05, 4.69) is 15.6 Å². The second-order valence-electron chi connectivity index (χ2n) is 5.14. The Labute approximate surface area is 124 Å². The number of carbonyl (C=O) groups excluding carboxylic acids is 1. The summed E-state index contributed by atoms with van der Waals surface area (Å²) in [4.78, 5) is 15.3. The van der Waals surface area contributed by atoms with Crippen LogP contribution in [0.5, 0.6) is 0 Å². The fourth-order valence-electron chi connectivity index (χ4n) is 1.46. The van der Waals surface area contributed by atoms with Crippen molar-refractivity contribution in [2.75, 3.05) is 20.2 Å². The number of ether oxygens (including phenoxy) is 1. The molecule has 0 unspecified atom stereocenters. The zero-order valence-corrected chi connectivity index (χ0v) is 13.0. The highest BCUT2D eigenvalue weighted by atomic mass is 16.5. The number of rotatable bonds is 7. The average molecular weight is 296 g/mol. The molecule has 0 fully saturated rings. The second-order valence-corrected chi connectivity index (χ2v) is 5.14. The Balaban J connectivity index is 2.64. The maximum Gasteiger partial charge on any atom is 0.284 e. The standard InChI is InChI=1S/C14H24N4O3/c1-5-16-13(18-9-14(2,3)20-4)17-8-10-6-7-11(21-10)12(15)19/h6-7H,5,8-9H2,1-4H3,(H2,15,19)(H2,16,17,18). The lowest BCUT2D eigenvalue weighted by atomic mass is 10.1. The van der Waals surface area contributed by atoms with E-state index < -0.39 is 5.91 Å². The van der Waals surface area contributed by atoms with Crippen molar-refractivity contribution in [3.63, 3.8) is 0 Å². The van der Waals surface area contributed by atoms with Crippen LogP contribution in [0.15, 0.2) is 21.5 Å². The number of methoxy groups -OCH3 is 1. The van der Waals surface area contributed by atoms with Crippen LogP contribution in [0, 0.1) is 0 Å². The lowest BCUT2D eigenvalue weighted by molar-refractivity contribution is 0.0268. The van der Waals surface area contributed by atoms with E-state index in [1.54, 1.807) is 19.2 Å². The summed E-state index contributed by atoms with van der Waals surface area (Å²) < 4.78 is 10.6. The molecule has 118 valence electrons. The van der Waals surface area contributed by atoms with Gasteiger partial charge in [0, 0.05) is 20.2 Å². The van der Waals surface area contributed by atoms with Crippen molar-refractivity contribution in [3.8, 4) is 0 Å². The van der Waals surface area contributed by atoms with Gasteiger partial charge in [0.25, 0.3) is 5.91 Å². The Kier molecular flexibility index (Phi) is 6.23. The molecule has 1 aromatic rings. The number of hydrogen-bond donors (Lipinski definition) is 3. The number of furan rings is 1. The predicted octanol–water partition coefficient (Wildman–Crippen LogP) is 0.859. The number of carbonyl (C=O) groups is 1. The van der Waals surface area contributed by atoms with E-state index >= 15 is 0 Å². The minimum atomic E-state index is -0.586. The van der Waals surface area contributed by atoms with Gasteiger partial charge in [-0.05, 0) is 32.9 Å². The fraction of sp³-hybridized carbons (Fsp3) is 0.571. The van der Waals surface area contributed by atoms with E-state index in [4.69, 9.17) is 14.9 Å². The molecule has 1 heterocycles. The van der Waals surface area contributed by atoms with Gasteiger partial charge in [-0.1, -0.05) is 0 Å². The summed E-state index contributed by atoms with van der Waals surface area (Å²) in [7, 11) is 1.67. The number of nitrogens with zero attached hydrogens (tertiary/aromatic N) is 1. The maximum absolute atomic E-state index is 11.0. The third kappa shape index (κ3) is 5.86. The summed E-state index contributed by atoms with van der Waals surface area (Å²) >= 11 is 0. The maximum atomic E-state index is 11.0.